The minimum absolute atomic E-state index is 0.0169. The molecule has 2 atom stereocenters. The number of halogens is 1. The van der Waals surface area contributed by atoms with Gasteiger partial charge >= 0.3 is 6.08 Å². The third-order valence-electron chi connectivity index (χ3n) is 6.32. The van der Waals surface area contributed by atoms with Crippen molar-refractivity contribution >= 4 is 35.7 Å². The number of nitrogens with zero attached hydrogens (tertiary/aromatic N) is 4. The number of hydrogen-bond acceptors (Lipinski definition) is 7. The summed E-state index contributed by atoms with van der Waals surface area (Å²) in [5.74, 6) is -0.0169. The molecule has 8 nitrogen and oxygen atoms in total. The molecule has 4 aromatic rings. The second-order valence-electron chi connectivity index (χ2n) is 9.53. The predicted octanol–water partition coefficient (Wildman–Crippen LogP) is 3.00. The van der Waals surface area contributed by atoms with Gasteiger partial charge in [0.15, 0.2) is 29.5 Å². The van der Waals surface area contributed by atoms with E-state index in [0.717, 1.165) is 0 Å². The molecule has 0 amide bonds. The quantitative estimate of drug-likeness (QED) is 0.326. The summed E-state index contributed by atoms with van der Waals surface area (Å²) < 4.78 is 34.4. The van der Waals surface area contributed by atoms with Crippen LogP contribution in [0.1, 0.15) is 27.0 Å². The highest BCUT2D eigenvalue weighted by Crippen LogP contribution is 2.37. The van der Waals surface area contributed by atoms with Crippen molar-refractivity contribution in [1.82, 2.24) is 19.5 Å². The van der Waals surface area contributed by atoms with Gasteiger partial charge in [0.2, 0.25) is 0 Å². The number of aromatic nitrogens is 4. The number of nitrogen functional groups attached to an aromatic ring is 1. The molecule has 1 aliphatic heterocycles. The second kappa shape index (κ2) is 9.12. The summed E-state index contributed by atoms with van der Waals surface area (Å²) in [6.45, 7) is 7.13. The zero-order valence-corrected chi connectivity index (χ0v) is 20.9. The third-order valence-corrected chi connectivity index (χ3v) is 11.3. The average molecular weight is 494 g/mol. The van der Waals surface area contributed by atoms with E-state index in [2.05, 4.69) is 60.0 Å². The van der Waals surface area contributed by atoms with Gasteiger partial charge in [0.1, 0.15) is 0 Å². The fourth-order valence-electron chi connectivity index (χ4n) is 4.75. The van der Waals surface area contributed by atoms with Crippen molar-refractivity contribution in [1.29, 1.82) is 0 Å². The molecule has 5 rings (SSSR count). The third kappa shape index (κ3) is 4.23. The zero-order valence-electron chi connectivity index (χ0n) is 19.9. The Labute approximate surface area is 204 Å². The molecule has 1 saturated heterocycles. The highest BCUT2D eigenvalue weighted by atomic mass is 28.4. The first-order valence-corrected chi connectivity index (χ1v) is 13.4. The Morgan fingerprint density at radius 2 is 1.69 bits per heavy atom. The number of hydrogen-bond donors (Lipinski definition) is 1. The first kappa shape index (κ1) is 23.6. The van der Waals surface area contributed by atoms with Crippen LogP contribution >= 0.6 is 0 Å². The van der Waals surface area contributed by atoms with Crippen molar-refractivity contribution in [3.63, 3.8) is 0 Å². The van der Waals surface area contributed by atoms with E-state index in [1.807, 2.05) is 36.4 Å². The van der Waals surface area contributed by atoms with Gasteiger partial charge in [0.25, 0.3) is 8.32 Å². The van der Waals surface area contributed by atoms with E-state index in [4.69, 9.17) is 19.6 Å². The summed E-state index contributed by atoms with van der Waals surface area (Å²) >= 11 is 0. The molecule has 0 radical (unpaired) electrons. The van der Waals surface area contributed by atoms with Gasteiger partial charge in [-0.3, -0.25) is 4.57 Å². The van der Waals surface area contributed by atoms with Crippen molar-refractivity contribution in [3.05, 3.63) is 73.1 Å². The fraction of sp³-hybridized carbons (Fsp3) is 0.320. The minimum atomic E-state index is -2.73. The van der Waals surface area contributed by atoms with Gasteiger partial charge < -0.3 is 19.6 Å². The van der Waals surface area contributed by atoms with E-state index >= 15 is 0 Å². The largest absolute Gasteiger partial charge is 0.402 e. The van der Waals surface area contributed by atoms with Crippen LogP contribution in [-0.2, 0) is 13.9 Å². The SMILES string of the molecule is CC(C)(C)[Si](OC[C@@H]1OC[C@@H](n2cnc3c(N)nc(F)nc32)O1)(c1ccccc1)c1ccccc1. The molecule has 35 heavy (non-hydrogen) atoms. The van der Waals surface area contributed by atoms with Crippen LogP contribution in [0, 0.1) is 6.08 Å². The van der Waals surface area contributed by atoms with Crippen LogP contribution < -0.4 is 16.1 Å². The molecule has 2 aromatic heterocycles. The first-order valence-electron chi connectivity index (χ1n) is 11.5. The molecular formula is C25H28FN5O3Si. The topological polar surface area (TPSA) is 97.3 Å². The highest BCUT2D eigenvalue weighted by molar-refractivity contribution is 6.99. The van der Waals surface area contributed by atoms with Crippen LogP contribution in [0.25, 0.3) is 11.2 Å². The van der Waals surface area contributed by atoms with E-state index in [1.54, 1.807) is 4.57 Å². The molecule has 0 saturated carbocycles. The van der Waals surface area contributed by atoms with Crippen molar-refractivity contribution in [2.75, 3.05) is 18.9 Å². The highest BCUT2D eigenvalue weighted by Gasteiger charge is 2.50. The smallest absolute Gasteiger partial charge is 0.312 e. The molecule has 182 valence electrons. The molecule has 0 spiro atoms. The number of ether oxygens (including phenoxy) is 2. The van der Waals surface area contributed by atoms with Crippen LogP contribution in [0.2, 0.25) is 5.04 Å². The molecule has 1 aliphatic rings. The molecular weight excluding hydrogens is 465 g/mol. The Morgan fingerprint density at radius 1 is 1.06 bits per heavy atom. The lowest BCUT2D eigenvalue weighted by molar-refractivity contribution is -0.0943. The summed E-state index contributed by atoms with van der Waals surface area (Å²) in [5, 5.41) is 2.19. The van der Waals surface area contributed by atoms with E-state index in [0.29, 0.717) is 5.52 Å². The maximum atomic E-state index is 13.8. The van der Waals surface area contributed by atoms with E-state index < -0.39 is 26.9 Å². The van der Waals surface area contributed by atoms with Crippen molar-refractivity contribution in [2.45, 2.75) is 38.3 Å². The van der Waals surface area contributed by atoms with Crippen LogP contribution in [0.4, 0.5) is 10.2 Å². The lowest BCUT2D eigenvalue weighted by atomic mass is 10.2. The summed E-state index contributed by atoms with van der Waals surface area (Å²) in [5.41, 5.74) is 6.37. The molecule has 10 heteroatoms. The Balaban J connectivity index is 1.42. The maximum absolute atomic E-state index is 13.8. The van der Waals surface area contributed by atoms with Gasteiger partial charge in [0.05, 0.1) is 19.5 Å². The number of anilines is 1. The van der Waals surface area contributed by atoms with Gasteiger partial charge in [-0.15, -0.1) is 0 Å². The molecule has 0 unspecified atom stereocenters. The molecule has 3 heterocycles. The van der Waals surface area contributed by atoms with Gasteiger partial charge in [-0.2, -0.15) is 14.4 Å². The van der Waals surface area contributed by atoms with E-state index in [9.17, 15) is 4.39 Å². The standard InChI is InChI=1S/C25H28FN5O3Si/c1-25(2,3)35(17-10-6-4-7-11-17,18-12-8-5-9-13-18)33-15-20-32-14-19(34-20)31-16-28-21-22(27)29-24(26)30-23(21)31/h4-13,16,19-20H,14-15H2,1-3H3,(H2,27,29,30)/t19-,20+/m0/s1. The predicted molar refractivity (Wildman–Crippen MR) is 133 cm³/mol. The van der Waals surface area contributed by atoms with Gasteiger partial charge in [-0.05, 0) is 15.4 Å². The lowest BCUT2D eigenvalue weighted by Crippen LogP contribution is -2.67. The minimum Gasteiger partial charge on any atom is -0.402 e. The Bertz CT molecular complexity index is 1270. The number of nitrogens with two attached hydrogens (primary N) is 1. The Morgan fingerprint density at radius 3 is 2.29 bits per heavy atom. The summed E-state index contributed by atoms with van der Waals surface area (Å²) in [6.07, 6.45) is -0.555. The van der Waals surface area contributed by atoms with E-state index in [1.165, 1.54) is 16.7 Å². The van der Waals surface area contributed by atoms with Gasteiger partial charge in [-0.1, -0.05) is 81.4 Å². The molecule has 0 bridgehead atoms. The zero-order chi connectivity index (χ0) is 24.6. The van der Waals surface area contributed by atoms with E-state index in [-0.39, 0.29) is 29.7 Å². The number of benzene rings is 2. The summed E-state index contributed by atoms with van der Waals surface area (Å²) in [6, 6.07) is 20.8. The van der Waals surface area contributed by atoms with Crippen LogP contribution in [-0.4, -0.2) is 47.3 Å². The molecule has 2 aromatic carbocycles. The van der Waals surface area contributed by atoms with Crippen molar-refractivity contribution in [2.24, 2.45) is 0 Å². The number of rotatable bonds is 6. The molecule has 1 fully saturated rings. The Hall–Kier alpha value is -3.18. The van der Waals surface area contributed by atoms with Gasteiger partial charge in [-0.25, -0.2) is 4.98 Å². The average Bonchev–Trinajstić information content (AvgIpc) is 3.47. The number of fused-ring (bicyclic) bond motifs is 1. The maximum Gasteiger partial charge on any atom is 0.312 e. The number of imidazole rings is 1. The van der Waals surface area contributed by atoms with Crippen molar-refractivity contribution < 1.29 is 18.3 Å². The molecule has 2 N–H and O–H groups in total. The normalized spacial score (nSPS) is 18.9. The monoisotopic (exact) mass is 493 g/mol. The second-order valence-corrected chi connectivity index (χ2v) is 13.8. The van der Waals surface area contributed by atoms with Crippen LogP contribution in [0.3, 0.4) is 0 Å². The summed E-state index contributed by atoms with van der Waals surface area (Å²) in [7, 11) is -2.73. The van der Waals surface area contributed by atoms with Crippen LogP contribution in [0.5, 0.6) is 0 Å². The molecule has 0 aliphatic carbocycles. The lowest BCUT2D eigenvalue weighted by Gasteiger charge is -2.43. The Kier molecular flexibility index (Phi) is 6.14. The first-order chi connectivity index (χ1) is 16.8. The van der Waals surface area contributed by atoms with Gasteiger partial charge in [0, 0.05) is 0 Å². The summed E-state index contributed by atoms with van der Waals surface area (Å²) in [4.78, 5) is 11.6. The van der Waals surface area contributed by atoms with Crippen LogP contribution in [0.15, 0.2) is 67.0 Å². The fourth-order valence-corrected chi connectivity index (χ4v) is 9.29. The van der Waals surface area contributed by atoms with Crippen molar-refractivity contribution in [3.8, 4) is 0 Å².